The number of amidine groups is 1. The summed E-state index contributed by atoms with van der Waals surface area (Å²) in [6, 6.07) is 16.5. The standard InChI is InChI=1S/C24H26N4O3.BrH/c1-17-23(24(30)28(26(17)2)19-8-5-4-6-9-19)27(22-10-7-15-25-22)16-21(29)18-11-13-20(31-3)14-12-18;/h4-6,8-9,11-14H,7,10,15-16H2,1-3H3;1H. The molecule has 0 saturated heterocycles. The van der Waals surface area contributed by atoms with E-state index in [1.54, 1.807) is 41.0 Å². The number of carbonyl (C=O) groups excluding carboxylic acids is 1. The van der Waals surface area contributed by atoms with Crippen LogP contribution in [0.1, 0.15) is 28.9 Å². The van der Waals surface area contributed by atoms with E-state index >= 15 is 0 Å². The normalized spacial score (nSPS) is 12.8. The number of ketones is 1. The third kappa shape index (κ3) is 4.41. The van der Waals surface area contributed by atoms with Crippen molar-refractivity contribution in [3.63, 3.8) is 0 Å². The molecule has 4 rings (SSSR count). The van der Waals surface area contributed by atoms with Gasteiger partial charge in [0.2, 0.25) is 0 Å². The molecule has 1 aliphatic rings. The van der Waals surface area contributed by atoms with Crippen LogP contribution < -0.4 is 15.2 Å². The van der Waals surface area contributed by atoms with Crippen molar-refractivity contribution in [2.24, 2.45) is 12.0 Å². The molecule has 0 amide bonds. The molecule has 0 aliphatic carbocycles. The van der Waals surface area contributed by atoms with E-state index in [-0.39, 0.29) is 34.9 Å². The summed E-state index contributed by atoms with van der Waals surface area (Å²) in [5.74, 6) is 1.40. The van der Waals surface area contributed by atoms with Crippen LogP contribution in [0.2, 0.25) is 0 Å². The zero-order chi connectivity index (χ0) is 22.0. The van der Waals surface area contributed by atoms with Crippen LogP contribution in [0.5, 0.6) is 5.75 Å². The van der Waals surface area contributed by atoms with E-state index in [4.69, 9.17) is 4.74 Å². The summed E-state index contributed by atoms with van der Waals surface area (Å²) in [4.78, 5) is 33.0. The lowest BCUT2D eigenvalue weighted by Gasteiger charge is -2.23. The Bertz CT molecular complexity index is 1180. The Balaban J connectivity index is 0.00000289. The molecular weight excluding hydrogens is 472 g/mol. The Labute approximate surface area is 197 Å². The minimum absolute atomic E-state index is 0. The minimum Gasteiger partial charge on any atom is -0.497 e. The summed E-state index contributed by atoms with van der Waals surface area (Å²) in [5, 5.41) is 0. The van der Waals surface area contributed by atoms with Crippen molar-refractivity contribution in [1.29, 1.82) is 0 Å². The monoisotopic (exact) mass is 498 g/mol. The number of anilines is 1. The van der Waals surface area contributed by atoms with E-state index in [0.717, 1.165) is 30.1 Å². The highest BCUT2D eigenvalue weighted by Crippen LogP contribution is 2.23. The van der Waals surface area contributed by atoms with E-state index in [2.05, 4.69) is 4.99 Å². The Morgan fingerprint density at radius 1 is 1.12 bits per heavy atom. The number of benzene rings is 2. The second-order valence-electron chi connectivity index (χ2n) is 7.55. The molecule has 8 heteroatoms. The van der Waals surface area contributed by atoms with Crippen molar-refractivity contribution in [1.82, 2.24) is 9.36 Å². The maximum atomic E-state index is 13.5. The van der Waals surface area contributed by atoms with Gasteiger partial charge in [0, 0.05) is 25.6 Å². The fourth-order valence-electron chi connectivity index (χ4n) is 3.92. The lowest BCUT2D eigenvalue weighted by Crippen LogP contribution is -2.38. The van der Waals surface area contributed by atoms with Crippen molar-refractivity contribution in [2.75, 3.05) is 25.1 Å². The van der Waals surface area contributed by atoms with Crippen molar-refractivity contribution >= 4 is 34.3 Å². The van der Waals surface area contributed by atoms with Crippen molar-refractivity contribution in [3.8, 4) is 11.4 Å². The SMILES string of the molecule is Br.COc1ccc(C(=O)CN(C2=NCCC2)c2c(C)n(C)n(-c3ccccc3)c2=O)cc1. The van der Waals surface area contributed by atoms with Crippen LogP contribution in [0.25, 0.3) is 5.69 Å². The molecule has 32 heavy (non-hydrogen) atoms. The molecule has 2 aromatic carbocycles. The fraction of sp³-hybridized carbons (Fsp3) is 0.292. The van der Waals surface area contributed by atoms with E-state index in [9.17, 15) is 9.59 Å². The molecule has 0 radical (unpaired) electrons. The van der Waals surface area contributed by atoms with Gasteiger partial charge in [0.1, 0.15) is 17.3 Å². The van der Waals surface area contributed by atoms with Gasteiger partial charge >= 0.3 is 0 Å². The predicted molar refractivity (Wildman–Crippen MR) is 132 cm³/mol. The molecule has 0 atom stereocenters. The number of hydrogen-bond acceptors (Lipinski definition) is 5. The highest BCUT2D eigenvalue weighted by Gasteiger charge is 2.28. The average Bonchev–Trinajstić information content (AvgIpc) is 3.40. The molecule has 0 spiro atoms. The molecule has 0 unspecified atom stereocenters. The first-order valence-corrected chi connectivity index (χ1v) is 10.3. The number of methoxy groups -OCH3 is 1. The third-order valence-corrected chi connectivity index (χ3v) is 5.67. The molecule has 168 valence electrons. The number of ether oxygens (including phenoxy) is 1. The number of Topliss-reactive ketones (excluding diaryl/α,β-unsaturated/α-hetero) is 1. The van der Waals surface area contributed by atoms with Gasteiger partial charge in [0.05, 0.1) is 25.0 Å². The molecule has 1 aromatic heterocycles. The molecule has 3 aromatic rings. The molecular formula is C24H27BrN4O3. The summed E-state index contributed by atoms with van der Waals surface area (Å²) in [5.41, 5.74) is 2.46. The van der Waals surface area contributed by atoms with Crippen LogP contribution in [0.3, 0.4) is 0 Å². The highest BCUT2D eigenvalue weighted by atomic mass is 79.9. The van der Waals surface area contributed by atoms with Gasteiger partial charge in [0.25, 0.3) is 5.56 Å². The summed E-state index contributed by atoms with van der Waals surface area (Å²) < 4.78 is 8.64. The Kier molecular flexibility index (Phi) is 7.35. The first kappa shape index (κ1) is 23.5. The lowest BCUT2D eigenvalue weighted by molar-refractivity contribution is 0.100. The van der Waals surface area contributed by atoms with Crippen LogP contribution in [-0.4, -0.2) is 41.2 Å². The van der Waals surface area contributed by atoms with E-state index in [1.807, 2.05) is 49.0 Å². The number of rotatable bonds is 6. The van der Waals surface area contributed by atoms with Crippen LogP contribution in [-0.2, 0) is 7.05 Å². The zero-order valence-electron chi connectivity index (χ0n) is 18.4. The lowest BCUT2D eigenvalue weighted by atomic mass is 10.1. The summed E-state index contributed by atoms with van der Waals surface area (Å²) >= 11 is 0. The molecule has 7 nitrogen and oxygen atoms in total. The second kappa shape index (κ2) is 9.99. The van der Waals surface area contributed by atoms with Crippen LogP contribution in [0.15, 0.2) is 64.4 Å². The van der Waals surface area contributed by atoms with Crippen LogP contribution in [0, 0.1) is 6.92 Å². The zero-order valence-corrected chi connectivity index (χ0v) is 20.2. The number of para-hydroxylation sites is 1. The quantitative estimate of drug-likeness (QED) is 0.482. The topological polar surface area (TPSA) is 68.8 Å². The van der Waals surface area contributed by atoms with Crippen molar-refractivity contribution in [3.05, 3.63) is 76.2 Å². The Morgan fingerprint density at radius 2 is 1.81 bits per heavy atom. The number of hydrogen-bond donors (Lipinski definition) is 0. The number of carbonyl (C=O) groups is 1. The van der Waals surface area contributed by atoms with Gasteiger partial charge in [0.15, 0.2) is 5.78 Å². The van der Waals surface area contributed by atoms with E-state index < -0.39 is 0 Å². The average molecular weight is 499 g/mol. The summed E-state index contributed by atoms with van der Waals surface area (Å²) in [6.07, 6.45) is 1.66. The third-order valence-electron chi connectivity index (χ3n) is 5.67. The van der Waals surface area contributed by atoms with Gasteiger partial charge in [-0.25, -0.2) is 4.68 Å². The van der Waals surface area contributed by atoms with E-state index in [1.165, 1.54) is 0 Å². The molecule has 0 N–H and O–H groups in total. The van der Waals surface area contributed by atoms with Crippen molar-refractivity contribution < 1.29 is 9.53 Å². The van der Waals surface area contributed by atoms with Crippen molar-refractivity contribution in [2.45, 2.75) is 19.8 Å². The van der Waals surface area contributed by atoms with Gasteiger partial charge in [-0.15, -0.1) is 17.0 Å². The summed E-state index contributed by atoms with van der Waals surface area (Å²) in [7, 11) is 3.44. The van der Waals surface area contributed by atoms with Gasteiger partial charge in [-0.3, -0.25) is 19.3 Å². The minimum atomic E-state index is -0.164. The van der Waals surface area contributed by atoms with Gasteiger partial charge in [-0.05, 0) is 49.7 Å². The van der Waals surface area contributed by atoms with Gasteiger partial charge in [-0.2, -0.15) is 0 Å². The Hall–Kier alpha value is -3.13. The maximum Gasteiger partial charge on any atom is 0.295 e. The second-order valence-corrected chi connectivity index (χ2v) is 7.55. The number of halogens is 1. The van der Waals surface area contributed by atoms with Crippen LogP contribution in [0.4, 0.5) is 5.69 Å². The van der Waals surface area contributed by atoms with E-state index in [0.29, 0.717) is 23.5 Å². The number of aromatic nitrogens is 2. The smallest absolute Gasteiger partial charge is 0.295 e. The van der Waals surface area contributed by atoms with Gasteiger partial charge < -0.3 is 9.64 Å². The summed E-state index contributed by atoms with van der Waals surface area (Å²) in [6.45, 7) is 2.66. The Morgan fingerprint density at radius 3 is 2.41 bits per heavy atom. The molecule has 1 aliphatic heterocycles. The van der Waals surface area contributed by atoms with Gasteiger partial charge in [-0.1, -0.05) is 18.2 Å². The largest absolute Gasteiger partial charge is 0.497 e. The molecule has 0 saturated carbocycles. The molecule has 2 heterocycles. The van der Waals surface area contributed by atoms with Crippen LogP contribution >= 0.6 is 17.0 Å². The maximum absolute atomic E-state index is 13.5. The predicted octanol–water partition coefficient (Wildman–Crippen LogP) is 3.95. The molecule has 0 bridgehead atoms. The highest BCUT2D eigenvalue weighted by molar-refractivity contribution is 8.93. The first-order valence-electron chi connectivity index (χ1n) is 10.3. The number of aliphatic imine (C=N–C) groups is 1. The first-order chi connectivity index (χ1) is 15.0. The number of nitrogens with zero attached hydrogens (tertiary/aromatic N) is 4. The molecule has 0 fully saturated rings. The fourth-order valence-corrected chi connectivity index (χ4v) is 3.92.